The Morgan fingerprint density at radius 2 is 1.60 bits per heavy atom. The minimum atomic E-state index is -0.365. The summed E-state index contributed by atoms with van der Waals surface area (Å²) in [6.45, 7) is 9.03. The summed E-state index contributed by atoms with van der Waals surface area (Å²) in [7, 11) is 0. The topological polar surface area (TPSA) is 39.4 Å². The van der Waals surface area contributed by atoms with Gasteiger partial charge in [0.05, 0.1) is 5.39 Å². The van der Waals surface area contributed by atoms with E-state index >= 15 is 0 Å². The van der Waals surface area contributed by atoms with Crippen LogP contribution in [-0.2, 0) is 12.0 Å². The lowest BCUT2D eigenvalue weighted by Gasteiger charge is -2.19. The van der Waals surface area contributed by atoms with Crippen molar-refractivity contribution in [1.82, 2.24) is 0 Å². The van der Waals surface area contributed by atoms with E-state index in [1.54, 1.807) is 0 Å². The number of aryl methyl sites for hydroxylation is 1. The molecule has 0 fully saturated rings. The predicted molar refractivity (Wildman–Crippen MR) is 122 cm³/mol. The first-order valence-corrected chi connectivity index (χ1v) is 10.2. The summed E-state index contributed by atoms with van der Waals surface area (Å²) in [6, 6.07) is 23.8. The van der Waals surface area contributed by atoms with Gasteiger partial charge in [0.1, 0.15) is 17.9 Å². The number of ether oxygens (including phenoxy) is 1. The molecule has 30 heavy (non-hydrogen) atoms. The highest BCUT2D eigenvalue weighted by atomic mass is 16.5. The number of fused-ring (bicyclic) bond motifs is 1. The minimum Gasteiger partial charge on any atom is -0.488 e. The monoisotopic (exact) mass is 398 g/mol. The van der Waals surface area contributed by atoms with Crippen LogP contribution in [0.4, 0.5) is 0 Å². The van der Waals surface area contributed by atoms with Gasteiger partial charge in [0.2, 0.25) is 0 Å². The molecule has 152 valence electrons. The van der Waals surface area contributed by atoms with Gasteiger partial charge >= 0.3 is 5.63 Å². The Morgan fingerprint density at radius 3 is 2.27 bits per heavy atom. The third kappa shape index (κ3) is 4.16. The Morgan fingerprint density at radius 1 is 0.900 bits per heavy atom. The van der Waals surface area contributed by atoms with Crippen molar-refractivity contribution in [3.05, 3.63) is 99.9 Å². The summed E-state index contributed by atoms with van der Waals surface area (Å²) in [5, 5.41) is 0.817. The van der Waals surface area contributed by atoms with Crippen LogP contribution in [0.3, 0.4) is 0 Å². The Bertz CT molecular complexity index is 1230. The van der Waals surface area contributed by atoms with Crippen molar-refractivity contribution in [2.75, 3.05) is 0 Å². The molecule has 0 atom stereocenters. The molecule has 4 aromatic rings. The van der Waals surface area contributed by atoms with Gasteiger partial charge < -0.3 is 9.15 Å². The summed E-state index contributed by atoms with van der Waals surface area (Å²) < 4.78 is 11.8. The Balaban J connectivity index is 1.74. The van der Waals surface area contributed by atoms with E-state index in [1.165, 1.54) is 11.6 Å². The van der Waals surface area contributed by atoms with Crippen molar-refractivity contribution in [2.24, 2.45) is 0 Å². The average Bonchev–Trinajstić information content (AvgIpc) is 2.71. The zero-order valence-electron chi connectivity index (χ0n) is 17.9. The van der Waals surface area contributed by atoms with Crippen LogP contribution in [0.1, 0.15) is 37.5 Å². The van der Waals surface area contributed by atoms with Crippen LogP contribution in [0.2, 0.25) is 0 Å². The molecular weight excluding hydrogens is 372 g/mol. The molecule has 0 unspecified atom stereocenters. The lowest BCUT2D eigenvalue weighted by atomic mass is 9.87. The normalized spacial score (nSPS) is 11.6. The van der Waals surface area contributed by atoms with Gasteiger partial charge in [0.15, 0.2) is 0 Å². The molecule has 0 spiro atoms. The molecule has 0 bridgehead atoms. The van der Waals surface area contributed by atoms with E-state index < -0.39 is 0 Å². The second-order valence-electron chi connectivity index (χ2n) is 8.72. The smallest absolute Gasteiger partial charge is 0.336 e. The van der Waals surface area contributed by atoms with Crippen molar-refractivity contribution in [3.63, 3.8) is 0 Å². The largest absolute Gasteiger partial charge is 0.488 e. The number of hydrogen-bond acceptors (Lipinski definition) is 3. The fraction of sp³-hybridized carbons (Fsp3) is 0.222. The predicted octanol–water partition coefficient (Wildman–Crippen LogP) is 6.64. The van der Waals surface area contributed by atoms with E-state index in [0.717, 1.165) is 27.6 Å². The van der Waals surface area contributed by atoms with E-state index in [4.69, 9.17) is 9.15 Å². The third-order valence-electron chi connectivity index (χ3n) is 5.25. The van der Waals surface area contributed by atoms with Gasteiger partial charge in [0, 0.05) is 11.6 Å². The van der Waals surface area contributed by atoms with E-state index in [0.29, 0.717) is 17.9 Å². The van der Waals surface area contributed by atoms with Gasteiger partial charge in [-0.3, -0.25) is 0 Å². The molecule has 3 nitrogen and oxygen atoms in total. The first-order valence-electron chi connectivity index (χ1n) is 10.2. The fourth-order valence-corrected chi connectivity index (χ4v) is 3.62. The third-order valence-corrected chi connectivity index (χ3v) is 5.25. The molecule has 0 radical (unpaired) electrons. The zero-order valence-corrected chi connectivity index (χ0v) is 17.9. The number of benzene rings is 3. The van der Waals surface area contributed by atoms with Crippen LogP contribution in [0, 0.1) is 6.92 Å². The van der Waals surface area contributed by atoms with Gasteiger partial charge in [-0.25, -0.2) is 4.79 Å². The standard InChI is InChI=1S/C27H26O3/c1-18-14-23(29-17-19-10-12-21(13-11-19)27(2,3)4)26-22(20-8-6-5-7-9-20)16-25(28)30-24(26)15-18/h5-16H,17H2,1-4H3. The number of hydrogen-bond donors (Lipinski definition) is 0. The highest BCUT2D eigenvalue weighted by molar-refractivity contribution is 5.98. The maximum atomic E-state index is 12.2. The van der Waals surface area contributed by atoms with Gasteiger partial charge in [-0.15, -0.1) is 0 Å². The van der Waals surface area contributed by atoms with E-state index in [1.807, 2.05) is 49.4 Å². The van der Waals surface area contributed by atoms with Crippen LogP contribution < -0.4 is 10.4 Å². The lowest BCUT2D eigenvalue weighted by molar-refractivity contribution is 0.309. The lowest BCUT2D eigenvalue weighted by Crippen LogP contribution is -2.10. The van der Waals surface area contributed by atoms with Crippen molar-refractivity contribution in [2.45, 2.75) is 39.7 Å². The molecule has 0 saturated heterocycles. The van der Waals surface area contributed by atoms with E-state index in [2.05, 4.69) is 45.0 Å². The summed E-state index contributed by atoms with van der Waals surface area (Å²) in [6.07, 6.45) is 0. The van der Waals surface area contributed by atoms with Crippen molar-refractivity contribution >= 4 is 11.0 Å². The van der Waals surface area contributed by atoms with Gasteiger partial charge in [-0.05, 0) is 46.7 Å². The quantitative estimate of drug-likeness (QED) is 0.362. The zero-order chi connectivity index (χ0) is 21.3. The van der Waals surface area contributed by atoms with Gasteiger partial charge in [-0.2, -0.15) is 0 Å². The molecule has 0 aliphatic heterocycles. The van der Waals surface area contributed by atoms with E-state index in [-0.39, 0.29) is 11.0 Å². The van der Waals surface area contributed by atoms with Crippen LogP contribution >= 0.6 is 0 Å². The second kappa shape index (κ2) is 7.83. The first kappa shape index (κ1) is 20.0. The van der Waals surface area contributed by atoms with Gasteiger partial charge in [0.25, 0.3) is 0 Å². The summed E-state index contributed by atoms with van der Waals surface area (Å²) in [5.41, 5.74) is 5.44. The molecule has 4 rings (SSSR count). The van der Waals surface area contributed by atoms with Crippen LogP contribution in [-0.4, -0.2) is 0 Å². The molecule has 0 aliphatic carbocycles. The maximum absolute atomic E-state index is 12.2. The van der Waals surface area contributed by atoms with Crippen molar-refractivity contribution in [1.29, 1.82) is 0 Å². The van der Waals surface area contributed by atoms with E-state index in [9.17, 15) is 4.79 Å². The molecule has 3 aromatic carbocycles. The molecule has 1 heterocycles. The van der Waals surface area contributed by atoms with Crippen LogP contribution in [0.25, 0.3) is 22.1 Å². The van der Waals surface area contributed by atoms with Crippen molar-refractivity contribution in [3.8, 4) is 16.9 Å². The maximum Gasteiger partial charge on any atom is 0.336 e. The molecular formula is C27H26O3. The van der Waals surface area contributed by atoms with Crippen LogP contribution in [0.15, 0.2) is 82.0 Å². The summed E-state index contributed by atoms with van der Waals surface area (Å²) in [4.78, 5) is 12.2. The summed E-state index contributed by atoms with van der Waals surface area (Å²) >= 11 is 0. The highest BCUT2D eigenvalue weighted by Gasteiger charge is 2.15. The molecule has 0 N–H and O–H groups in total. The highest BCUT2D eigenvalue weighted by Crippen LogP contribution is 2.36. The molecule has 0 amide bonds. The number of rotatable bonds is 4. The first-order chi connectivity index (χ1) is 14.3. The average molecular weight is 399 g/mol. The summed E-state index contributed by atoms with van der Waals surface area (Å²) in [5.74, 6) is 0.715. The minimum absolute atomic E-state index is 0.119. The second-order valence-corrected chi connectivity index (χ2v) is 8.72. The fourth-order valence-electron chi connectivity index (χ4n) is 3.62. The SMILES string of the molecule is Cc1cc(OCc2ccc(C(C)(C)C)cc2)c2c(-c3ccccc3)cc(=O)oc2c1. The molecule has 0 saturated carbocycles. The Kier molecular flexibility index (Phi) is 5.21. The van der Waals surface area contributed by atoms with Crippen molar-refractivity contribution < 1.29 is 9.15 Å². The molecule has 0 aliphatic rings. The Labute approximate surface area is 176 Å². The van der Waals surface area contributed by atoms with Gasteiger partial charge in [-0.1, -0.05) is 75.4 Å². The Hall–Kier alpha value is -3.33. The van der Waals surface area contributed by atoms with Crippen LogP contribution in [0.5, 0.6) is 5.75 Å². The molecule has 1 aromatic heterocycles. The molecule has 3 heteroatoms.